The van der Waals surface area contributed by atoms with Gasteiger partial charge >= 0.3 is 0 Å². The summed E-state index contributed by atoms with van der Waals surface area (Å²) in [6, 6.07) is -0.653. The van der Waals surface area contributed by atoms with Gasteiger partial charge in [-0.25, -0.2) is 0 Å². The van der Waals surface area contributed by atoms with Crippen LogP contribution in [0.5, 0.6) is 0 Å². The van der Waals surface area contributed by atoms with Crippen LogP contribution in [0.3, 0.4) is 0 Å². The minimum absolute atomic E-state index is 0.102. The van der Waals surface area contributed by atoms with Crippen molar-refractivity contribution in [3.8, 4) is 0 Å². The monoisotopic (exact) mass is 343 g/mol. The molecule has 2 N–H and O–H groups in total. The molecule has 1 aliphatic carbocycles. The molecule has 5 atom stereocenters. The molecule has 138 valence electrons. The van der Waals surface area contributed by atoms with Crippen molar-refractivity contribution in [2.45, 2.75) is 95.4 Å². The Bertz CT molecular complexity index is 450. The summed E-state index contributed by atoms with van der Waals surface area (Å²) < 4.78 is 23.6. The number of carbonyl (C=O) groups is 1. The zero-order valence-electron chi connectivity index (χ0n) is 14.7. The van der Waals surface area contributed by atoms with Crippen molar-refractivity contribution in [1.82, 2.24) is 5.32 Å². The van der Waals surface area contributed by atoms with Gasteiger partial charge in [-0.3, -0.25) is 4.79 Å². The lowest BCUT2D eigenvalue weighted by atomic mass is 9.94. The molecule has 0 aromatic heterocycles. The number of ether oxygens (including phenoxy) is 4. The standard InChI is InChI=1S/C17H29NO6/c1-10(19)18-13-14(20)15-12(9-21-17(2,3)24-15)23-16(13)22-11-7-5-4-6-8-11/h11-16,20H,4-9H2,1-3H3,(H,18,19)/t12-,13+,14-,15-,16+/m0/s1. The van der Waals surface area contributed by atoms with Gasteiger partial charge in [0.25, 0.3) is 0 Å². The number of hydrogen-bond acceptors (Lipinski definition) is 6. The van der Waals surface area contributed by atoms with Gasteiger partial charge in [0.1, 0.15) is 24.4 Å². The fourth-order valence-corrected chi connectivity index (χ4v) is 3.74. The van der Waals surface area contributed by atoms with E-state index in [0.29, 0.717) is 6.61 Å². The number of amides is 1. The number of aliphatic hydroxyl groups excluding tert-OH is 1. The van der Waals surface area contributed by atoms with E-state index in [2.05, 4.69) is 5.32 Å². The van der Waals surface area contributed by atoms with Gasteiger partial charge in [0.2, 0.25) is 5.91 Å². The molecule has 0 radical (unpaired) electrons. The highest BCUT2D eigenvalue weighted by molar-refractivity contribution is 5.73. The maximum Gasteiger partial charge on any atom is 0.217 e. The zero-order chi connectivity index (χ0) is 17.3. The molecule has 0 aromatic rings. The molecule has 2 heterocycles. The van der Waals surface area contributed by atoms with Crippen molar-refractivity contribution in [2.75, 3.05) is 6.61 Å². The molecule has 7 heteroatoms. The lowest BCUT2D eigenvalue weighted by Gasteiger charge is -2.50. The summed E-state index contributed by atoms with van der Waals surface area (Å²) >= 11 is 0. The molecule has 0 spiro atoms. The normalized spacial score (nSPS) is 39.9. The summed E-state index contributed by atoms with van der Waals surface area (Å²) in [5, 5.41) is 13.6. The summed E-state index contributed by atoms with van der Waals surface area (Å²) in [5.74, 6) is -1.02. The highest BCUT2D eigenvalue weighted by Gasteiger charge is 2.51. The van der Waals surface area contributed by atoms with Crippen molar-refractivity contribution in [3.05, 3.63) is 0 Å². The summed E-state index contributed by atoms with van der Waals surface area (Å²) in [7, 11) is 0. The second kappa shape index (κ2) is 7.25. The second-order valence-corrected chi connectivity index (χ2v) is 7.45. The van der Waals surface area contributed by atoms with E-state index in [-0.39, 0.29) is 12.0 Å². The van der Waals surface area contributed by atoms with Crippen LogP contribution in [0.2, 0.25) is 0 Å². The van der Waals surface area contributed by atoms with Crippen molar-refractivity contribution in [1.29, 1.82) is 0 Å². The Morgan fingerprint density at radius 2 is 1.96 bits per heavy atom. The maximum absolute atomic E-state index is 11.6. The third-order valence-electron chi connectivity index (χ3n) is 4.94. The first-order valence-corrected chi connectivity index (χ1v) is 8.93. The highest BCUT2D eigenvalue weighted by atomic mass is 16.8. The first kappa shape index (κ1) is 18.1. The second-order valence-electron chi connectivity index (χ2n) is 7.45. The predicted octanol–water partition coefficient (Wildman–Crippen LogP) is 1.08. The molecular weight excluding hydrogens is 314 g/mol. The molecule has 2 saturated heterocycles. The number of carbonyl (C=O) groups excluding carboxylic acids is 1. The predicted molar refractivity (Wildman–Crippen MR) is 85.1 cm³/mol. The fourth-order valence-electron chi connectivity index (χ4n) is 3.74. The minimum atomic E-state index is -0.913. The van der Waals surface area contributed by atoms with Gasteiger partial charge in [0.05, 0.1) is 12.7 Å². The van der Waals surface area contributed by atoms with Crippen LogP contribution in [0.1, 0.15) is 52.9 Å². The molecule has 1 amide bonds. The first-order valence-electron chi connectivity index (χ1n) is 8.93. The van der Waals surface area contributed by atoms with Crippen LogP contribution in [-0.4, -0.2) is 60.2 Å². The Labute approximate surface area is 143 Å². The molecular formula is C17H29NO6. The first-order chi connectivity index (χ1) is 11.4. The average Bonchev–Trinajstić information content (AvgIpc) is 2.52. The lowest BCUT2D eigenvalue weighted by molar-refractivity contribution is -0.372. The lowest BCUT2D eigenvalue weighted by Crippen LogP contribution is -2.68. The van der Waals surface area contributed by atoms with E-state index in [1.54, 1.807) is 13.8 Å². The highest BCUT2D eigenvalue weighted by Crippen LogP contribution is 2.34. The number of nitrogens with one attached hydrogen (secondary N) is 1. The molecule has 3 fully saturated rings. The Morgan fingerprint density at radius 1 is 1.25 bits per heavy atom. The minimum Gasteiger partial charge on any atom is -0.388 e. The van der Waals surface area contributed by atoms with Crippen LogP contribution in [-0.2, 0) is 23.7 Å². The number of hydrogen-bond donors (Lipinski definition) is 2. The van der Waals surface area contributed by atoms with Gasteiger partial charge in [-0.1, -0.05) is 19.3 Å². The van der Waals surface area contributed by atoms with Crippen LogP contribution < -0.4 is 5.32 Å². The van der Waals surface area contributed by atoms with Gasteiger partial charge in [0, 0.05) is 6.92 Å². The summed E-state index contributed by atoms with van der Waals surface area (Å²) in [4.78, 5) is 11.6. The number of rotatable bonds is 3. The number of aliphatic hydroxyl groups is 1. The van der Waals surface area contributed by atoms with Crippen LogP contribution in [0.4, 0.5) is 0 Å². The van der Waals surface area contributed by atoms with Crippen molar-refractivity contribution in [3.63, 3.8) is 0 Å². The average molecular weight is 343 g/mol. The van der Waals surface area contributed by atoms with Crippen LogP contribution in [0.15, 0.2) is 0 Å². The fraction of sp³-hybridized carbons (Fsp3) is 0.941. The number of fused-ring (bicyclic) bond motifs is 1. The summed E-state index contributed by atoms with van der Waals surface area (Å²) in [6.45, 7) is 5.35. The molecule has 3 rings (SSSR count). The van der Waals surface area contributed by atoms with Gasteiger partial charge in [-0.05, 0) is 26.7 Å². The maximum atomic E-state index is 11.6. The van der Waals surface area contributed by atoms with E-state index in [9.17, 15) is 9.90 Å². The zero-order valence-corrected chi connectivity index (χ0v) is 14.7. The van der Waals surface area contributed by atoms with E-state index < -0.39 is 36.4 Å². The quantitative estimate of drug-likeness (QED) is 0.797. The SMILES string of the molecule is CC(=O)N[C@H]1[C@H](OC2CCCCC2)O[C@H]2COC(C)(C)O[C@@H]2[C@H]1O. The third kappa shape index (κ3) is 4.08. The molecule has 2 aliphatic heterocycles. The Morgan fingerprint density at radius 3 is 2.62 bits per heavy atom. The smallest absolute Gasteiger partial charge is 0.217 e. The van der Waals surface area contributed by atoms with Gasteiger partial charge in [0.15, 0.2) is 12.1 Å². The molecule has 3 aliphatic rings. The van der Waals surface area contributed by atoms with E-state index in [1.807, 2.05) is 0 Å². The van der Waals surface area contributed by atoms with E-state index in [0.717, 1.165) is 25.7 Å². The molecule has 0 aromatic carbocycles. The molecule has 0 bridgehead atoms. The van der Waals surface area contributed by atoms with Crippen molar-refractivity contribution >= 4 is 5.91 Å². The van der Waals surface area contributed by atoms with Gasteiger partial charge in [-0.15, -0.1) is 0 Å². The van der Waals surface area contributed by atoms with Crippen molar-refractivity contribution in [2.24, 2.45) is 0 Å². The summed E-state index contributed by atoms with van der Waals surface area (Å²) in [6.07, 6.45) is 2.99. The Kier molecular flexibility index (Phi) is 5.46. The van der Waals surface area contributed by atoms with Crippen LogP contribution >= 0.6 is 0 Å². The van der Waals surface area contributed by atoms with Gasteiger partial charge in [-0.2, -0.15) is 0 Å². The van der Waals surface area contributed by atoms with E-state index in [1.165, 1.54) is 13.3 Å². The van der Waals surface area contributed by atoms with Crippen LogP contribution in [0, 0.1) is 0 Å². The Hall–Kier alpha value is -0.730. The summed E-state index contributed by atoms with van der Waals surface area (Å²) in [5.41, 5.74) is 0. The molecule has 0 unspecified atom stereocenters. The topological polar surface area (TPSA) is 86.3 Å². The Balaban J connectivity index is 1.73. The third-order valence-corrected chi connectivity index (χ3v) is 4.94. The largest absolute Gasteiger partial charge is 0.388 e. The molecule has 24 heavy (non-hydrogen) atoms. The van der Waals surface area contributed by atoms with E-state index >= 15 is 0 Å². The van der Waals surface area contributed by atoms with Gasteiger partial charge < -0.3 is 29.4 Å². The molecule has 1 saturated carbocycles. The van der Waals surface area contributed by atoms with E-state index in [4.69, 9.17) is 18.9 Å². The van der Waals surface area contributed by atoms with Crippen molar-refractivity contribution < 1.29 is 28.8 Å². The molecule has 7 nitrogen and oxygen atoms in total. The van der Waals surface area contributed by atoms with Crippen LogP contribution in [0.25, 0.3) is 0 Å².